The average Bonchev–Trinajstić information content (AvgIpc) is 3.16. The van der Waals surface area contributed by atoms with Crippen LogP contribution in [0.15, 0.2) is 109 Å². The van der Waals surface area contributed by atoms with E-state index in [0.29, 0.717) is 17.4 Å². The summed E-state index contributed by atoms with van der Waals surface area (Å²) >= 11 is 0. The van der Waals surface area contributed by atoms with Gasteiger partial charge in [-0.3, -0.25) is 0 Å². The number of aromatic carboxylic acids is 2. The van der Waals surface area contributed by atoms with Crippen LogP contribution >= 0.6 is 0 Å². The summed E-state index contributed by atoms with van der Waals surface area (Å²) in [6.45, 7) is 0. The van der Waals surface area contributed by atoms with E-state index in [1.54, 1.807) is 38.5 Å². The van der Waals surface area contributed by atoms with E-state index in [1.807, 2.05) is 24.3 Å². The zero-order valence-corrected chi connectivity index (χ0v) is 29.3. The summed E-state index contributed by atoms with van der Waals surface area (Å²) < 4.78 is 12.3. The number of benzene rings is 6. The van der Waals surface area contributed by atoms with Gasteiger partial charge < -0.3 is 19.7 Å². The summed E-state index contributed by atoms with van der Waals surface area (Å²) in [7, 11) is 3.57. The topological polar surface area (TPSA) is 93.1 Å². The van der Waals surface area contributed by atoms with Gasteiger partial charge in [0.25, 0.3) is 0 Å². The summed E-state index contributed by atoms with van der Waals surface area (Å²) in [5, 5.41) is 22.7. The number of rotatable bonds is 8. The lowest BCUT2D eigenvalue weighted by atomic mass is 9.41. The third-order valence-electron chi connectivity index (χ3n) is 12.4. The second-order valence-corrected chi connectivity index (χ2v) is 15.5. The first-order valence-corrected chi connectivity index (χ1v) is 18.1. The molecule has 2 unspecified atom stereocenters. The first-order chi connectivity index (χ1) is 25.2. The van der Waals surface area contributed by atoms with Crippen molar-refractivity contribution in [1.29, 1.82) is 0 Å². The van der Waals surface area contributed by atoms with Crippen LogP contribution in [0.1, 0.15) is 70.4 Å². The standard InChI is InChI=1S/C46H40O6/c1-51-41-14-12-35(31-3-5-33-18-37(43(47)48)9-7-29(33)16-31)20-40(41)46-24-27-15-28(25-46)23-45(22-27,26-46)39-13-11-36(21-42(39)52-2)32-4-6-34-19-38(44(49)50)10-8-30(34)17-32/h3-14,16-21,27-28H,15,22-26H2,1-2H3,(H,47,48)(H,49,50). The lowest BCUT2D eigenvalue weighted by Gasteiger charge is -2.63. The average molecular weight is 689 g/mol. The summed E-state index contributed by atoms with van der Waals surface area (Å²) in [6.07, 6.45) is 6.95. The number of methoxy groups -OCH3 is 2. The molecule has 0 aromatic heterocycles. The van der Waals surface area contributed by atoms with Gasteiger partial charge in [-0.2, -0.15) is 0 Å². The number of carbonyl (C=O) groups is 2. The van der Waals surface area contributed by atoms with Crippen molar-refractivity contribution >= 4 is 33.5 Å². The van der Waals surface area contributed by atoms with Crippen LogP contribution in [0.5, 0.6) is 11.5 Å². The molecule has 6 nitrogen and oxygen atoms in total. The first-order valence-electron chi connectivity index (χ1n) is 18.1. The Morgan fingerprint density at radius 2 is 0.962 bits per heavy atom. The van der Waals surface area contributed by atoms with Crippen LogP contribution in [-0.2, 0) is 10.8 Å². The lowest BCUT2D eigenvalue weighted by molar-refractivity contribution is -0.0297. The van der Waals surface area contributed by atoms with Gasteiger partial charge in [-0.1, -0.05) is 54.6 Å². The third kappa shape index (κ3) is 5.23. The number of fused-ring (bicyclic) bond motifs is 2. The fourth-order valence-corrected chi connectivity index (χ4v) is 10.6. The minimum Gasteiger partial charge on any atom is -0.496 e. The van der Waals surface area contributed by atoms with Crippen LogP contribution in [-0.4, -0.2) is 36.4 Å². The van der Waals surface area contributed by atoms with Crippen LogP contribution < -0.4 is 9.47 Å². The minimum atomic E-state index is -0.923. The Balaban J connectivity index is 1.09. The quantitative estimate of drug-likeness (QED) is 0.165. The second-order valence-electron chi connectivity index (χ2n) is 15.5. The largest absolute Gasteiger partial charge is 0.496 e. The highest BCUT2D eigenvalue weighted by atomic mass is 16.5. The molecule has 0 saturated heterocycles. The molecule has 0 amide bonds. The molecule has 4 saturated carbocycles. The molecular weight excluding hydrogens is 649 g/mol. The third-order valence-corrected chi connectivity index (χ3v) is 12.4. The van der Waals surface area contributed by atoms with Crippen molar-refractivity contribution in [2.75, 3.05) is 14.2 Å². The van der Waals surface area contributed by atoms with Gasteiger partial charge in [0.15, 0.2) is 0 Å². The van der Waals surface area contributed by atoms with Gasteiger partial charge in [0, 0.05) is 22.0 Å². The maximum absolute atomic E-state index is 11.5. The van der Waals surface area contributed by atoms with Crippen molar-refractivity contribution in [2.45, 2.75) is 49.4 Å². The lowest BCUT2D eigenvalue weighted by Crippen LogP contribution is -2.56. The molecule has 260 valence electrons. The molecule has 0 spiro atoms. The van der Waals surface area contributed by atoms with Crippen LogP contribution in [0.25, 0.3) is 43.8 Å². The van der Waals surface area contributed by atoms with Crippen molar-refractivity contribution in [3.63, 3.8) is 0 Å². The predicted molar refractivity (Wildman–Crippen MR) is 204 cm³/mol. The molecule has 2 atom stereocenters. The monoisotopic (exact) mass is 688 g/mol. The molecule has 0 aliphatic heterocycles. The summed E-state index contributed by atoms with van der Waals surface area (Å²) in [6, 6.07) is 36.4. The van der Waals surface area contributed by atoms with Gasteiger partial charge in [-0.15, -0.1) is 0 Å². The van der Waals surface area contributed by atoms with Gasteiger partial charge in [0.1, 0.15) is 11.5 Å². The molecule has 4 bridgehead atoms. The van der Waals surface area contributed by atoms with E-state index in [0.717, 1.165) is 87.4 Å². The number of ether oxygens (including phenoxy) is 2. The van der Waals surface area contributed by atoms with E-state index < -0.39 is 11.9 Å². The number of carboxylic acids is 2. The van der Waals surface area contributed by atoms with Crippen LogP contribution in [0, 0.1) is 11.8 Å². The van der Waals surface area contributed by atoms with Gasteiger partial charge in [0.2, 0.25) is 0 Å². The molecule has 52 heavy (non-hydrogen) atoms. The van der Waals surface area contributed by atoms with Crippen molar-refractivity contribution in [3.8, 4) is 33.8 Å². The summed E-state index contributed by atoms with van der Waals surface area (Å²) in [5.41, 5.74) is 7.54. The van der Waals surface area contributed by atoms with Gasteiger partial charge in [-0.05, 0) is 149 Å². The Morgan fingerprint density at radius 3 is 1.50 bits per heavy atom. The van der Waals surface area contributed by atoms with Gasteiger partial charge in [0.05, 0.1) is 25.3 Å². The number of hydrogen-bond acceptors (Lipinski definition) is 4. The number of carboxylic acid groups (broad SMARTS) is 2. The zero-order valence-electron chi connectivity index (χ0n) is 29.3. The van der Waals surface area contributed by atoms with Crippen molar-refractivity contribution in [3.05, 3.63) is 131 Å². The van der Waals surface area contributed by atoms with E-state index >= 15 is 0 Å². The predicted octanol–water partition coefficient (Wildman–Crippen LogP) is 10.5. The second kappa shape index (κ2) is 12.0. The van der Waals surface area contributed by atoms with E-state index in [1.165, 1.54) is 17.5 Å². The Labute approximate surface area is 302 Å². The fraction of sp³-hybridized carbons (Fsp3) is 0.261. The van der Waals surface area contributed by atoms with E-state index in [-0.39, 0.29) is 16.4 Å². The Kier molecular flexibility index (Phi) is 7.44. The first kappa shape index (κ1) is 32.3. The summed E-state index contributed by atoms with van der Waals surface area (Å²) in [4.78, 5) is 23.0. The Bertz CT molecular complexity index is 2430. The van der Waals surface area contributed by atoms with Crippen LogP contribution in [0.4, 0.5) is 0 Å². The molecule has 6 aromatic carbocycles. The maximum Gasteiger partial charge on any atom is 0.335 e. The van der Waals surface area contributed by atoms with E-state index in [2.05, 4.69) is 60.7 Å². The number of hydrogen-bond donors (Lipinski definition) is 2. The highest BCUT2D eigenvalue weighted by Crippen LogP contribution is 2.68. The summed E-state index contributed by atoms with van der Waals surface area (Å²) in [5.74, 6) is 1.28. The fourth-order valence-electron chi connectivity index (χ4n) is 10.6. The molecule has 2 N–H and O–H groups in total. The molecule has 6 heteroatoms. The van der Waals surface area contributed by atoms with Crippen molar-refractivity contribution < 1.29 is 29.3 Å². The molecular formula is C46H40O6. The smallest absolute Gasteiger partial charge is 0.335 e. The molecule has 6 aromatic rings. The molecule has 4 aliphatic carbocycles. The van der Waals surface area contributed by atoms with Crippen molar-refractivity contribution in [1.82, 2.24) is 0 Å². The van der Waals surface area contributed by atoms with Crippen LogP contribution in [0.2, 0.25) is 0 Å². The van der Waals surface area contributed by atoms with Gasteiger partial charge in [-0.25, -0.2) is 9.59 Å². The normalized spacial score (nSPS) is 23.2. The zero-order chi connectivity index (χ0) is 35.8. The highest BCUT2D eigenvalue weighted by Gasteiger charge is 2.60. The molecule has 4 fully saturated rings. The SMILES string of the molecule is COc1cc(-c2ccc3cc(C(=O)O)ccc3c2)ccc1C12CC3CC(C1)CC(c1cc(-c4ccc5cc(C(=O)O)ccc5c4)ccc1OC)(C3)C2. The van der Waals surface area contributed by atoms with E-state index in [4.69, 9.17) is 9.47 Å². The molecule has 0 radical (unpaired) electrons. The maximum atomic E-state index is 11.5. The van der Waals surface area contributed by atoms with E-state index in [9.17, 15) is 19.8 Å². The molecule has 10 rings (SSSR count). The van der Waals surface area contributed by atoms with Crippen LogP contribution in [0.3, 0.4) is 0 Å². The molecule has 0 heterocycles. The Hall–Kier alpha value is -5.62. The highest BCUT2D eigenvalue weighted by molar-refractivity contribution is 5.97. The Morgan fingerprint density at radius 1 is 0.519 bits per heavy atom. The minimum absolute atomic E-state index is 0.00358. The van der Waals surface area contributed by atoms with Crippen molar-refractivity contribution in [2.24, 2.45) is 11.8 Å². The molecule has 4 aliphatic rings. The van der Waals surface area contributed by atoms with Gasteiger partial charge >= 0.3 is 11.9 Å².